The Bertz CT molecular complexity index is 247. The van der Waals surface area contributed by atoms with Gasteiger partial charge in [0.2, 0.25) is 11.9 Å². The van der Waals surface area contributed by atoms with Gasteiger partial charge in [0.25, 0.3) is 0 Å². The van der Waals surface area contributed by atoms with Crippen molar-refractivity contribution in [1.29, 1.82) is 0 Å². The molecule has 0 amide bonds. The lowest BCUT2D eigenvalue weighted by molar-refractivity contribution is 0.867. The summed E-state index contributed by atoms with van der Waals surface area (Å²) in [6.45, 7) is 4.06. The molecule has 0 aliphatic rings. The second-order valence-corrected chi connectivity index (χ2v) is 2.68. The molecule has 12 heavy (non-hydrogen) atoms. The summed E-state index contributed by atoms with van der Waals surface area (Å²) >= 11 is 0. The minimum atomic E-state index is 0.331. The molecule has 0 saturated carbocycles. The Morgan fingerprint density at radius 1 is 1.25 bits per heavy atom. The third kappa shape index (κ3) is 2.34. The molecule has 1 aromatic heterocycles. The van der Waals surface area contributed by atoms with Gasteiger partial charge in [0.15, 0.2) is 0 Å². The molecule has 2 N–H and O–H groups in total. The quantitative estimate of drug-likeness (QED) is 0.695. The van der Waals surface area contributed by atoms with E-state index in [-0.39, 0.29) is 0 Å². The standard InChI is InChI=1S/C7H13N5/c1-5(2)11-7-10-4-9-6(8-3)12-7/h4-5H,1-3H3,(H2,8,9,10,11,12). The maximum absolute atomic E-state index is 4.09. The van der Waals surface area contributed by atoms with Crippen LogP contribution in [0.5, 0.6) is 0 Å². The Labute approximate surface area is 71.6 Å². The number of aromatic nitrogens is 3. The summed E-state index contributed by atoms with van der Waals surface area (Å²) in [5, 5.41) is 5.92. The summed E-state index contributed by atoms with van der Waals surface area (Å²) < 4.78 is 0. The molecule has 0 bridgehead atoms. The fraction of sp³-hybridized carbons (Fsp3) is 0.571. The van der Waals surface area contributed by atoms with Crippen molar-refractivity contribution < 1.29 is 0 Å². The minimum Gasteiger partial charge on any atom is -0.357 e. The van der Waals surface area contributed by atoms with Crippen LogP contribution in [0.4, 0.5) is 11.9 Å². The lowest BCUT2D eigenvalue weighted by Gasteiger charge is -2.07. The average Bonchev–Trinajstić information content (AvgIpc) is 2.03. The molecule has 0 fully saturated rings. The molecule has 1 rings (SSSR count). The SMILES string of the molecule is CNc1ncnc(NC(C)C)n1. The summed E-state index contributed by atoms with van der Waals surface area (Å²) in [6.07, 6.45) is 1.48. The van der Waals surface area contributed by atoms with Crippen molar-refractivity contribution in [2.24, 2.45) is 0 Å². The normalized spacial score (nSPS) is 10.0. The predicted molar refractivity (Wildman–Crippen MR) is 48.1 cm³/mol. The summed E-state index contributed by atoms with van der Waals surface area (Å²) in [7, 11) is 1.77. The Balaban J connectivity index is 2.72. The van der Waals surface area contributed by atoms with E-state index in [0.717, 1.165) is 0 Å². The zero-order chi connectivity index (χ0) is 8.97. The fourth-order valence-electron chi connectivity index (χ4n) is 0.744. The fourth-order valence-corrected chi connectivity index (χ4v) is 0.744. The van der Waals surface area contributed by atoms with Crippen molar-refractivity contribution in [3.05, 3.63) is 6.33 Å². The lowest BCUT2D eigenvalue weighted by atomic mass is 10.4. The Kier molecular flexibility index (Phi) is 2.79. The first kappa shape index (κ1) is 8.70. The Morgan fingerprint density at radius 2 is 1.92 bits per heavy atom. The van der Waals surface area contributed by atoms with Gasteiger partial charge in [-0.25, -0.2) is 9.97 Å². The molecule has 0 saturated heterocycles. The van der Waals surface area contributed by atoms with Crippen LogP contribution in [-0.4, -0.2) is 28.0 Å². The second-order valence-electron chi connectivity index (χ2n) is 2.68. The molecule has 1 aromatic rings. The predicted octanol–water partition coefficient (Wildman–Crippen LogP) is 0.734. The van der Waals surface area contributed by atoms with Gasteiger partial charge in [-0.3, -0.25) is 0 Å². The van der Waals surface area contributed by atoms with Crippen LogP contribution in [0.15, 0.2) is 6.33 Å². The molecule has 0 spiro atoms. The zero-order valence-electron chi connectivity index (χ0n) is 7.50. The maximum Gasteiger partial charge on any atom is 0.227 e. The molecule has 5 nitrogen and oxygen atoms in total. The first-order valence-electron chi connectivity index (χ1n) is 3.85. The highest BCUT2D eigenvalue weighted by Gasteiger charge is 1.99. The zero-order valence-corrected chi connectivity index (χ0v) is 7.50. The first-order valence-corrected chi connectivity index (χ1v) is 3.85. The van der Waals surface area contributed by atoms with Gasteiger partial charge in [-0.05, 0) is 13.8 Å². The maximum atomic E-state index is 4.09. The number of hydrogen-bond acceptors (Lipinski definition) is 5. The Hall–Kier alpha value is -1.39. The number of nitrogens with one attached hydrogen (secondary N) is 2. The summed E-state index contributed by atoms with van der Waals surface area (Å²) in [6, 6.07) is 0.331. The molecule has 0 aliphatic heterocycles. The molecular formula is C7H13N5. The van der Waals surface area contributed by atoms with E-state index >= 15 is 0 Å². The van der Waals surface area contributed by atoms with E-state index in [1.807, 2.05) is 13.8 Å². The van der Waals surface area contributed by atoms with Crippen LogP contribution in [0, 0.1) is 0 Å². The molecule has 0 radical (unpaired) electrons. The summed E-state index contributed by atoms with van der Waals surface area (Å²) in [5.74, 6) is 1.18. The highest BCUT2D eigenvalue weighted by molar-refractivity contribution is 5.32. The van der Waals surface area contributed by atoms with E-state index in [2.05, 4.69) is 25.6 Å². The molecule has 1 heterocycles. The first-order chi connectivity index (χ1) is 5.72. The summed E-state index contributed by atoms with van der Waals surface area (Å²) in [4.78, 5) is 11.9. The summed E-state index contributed by atoms with van der Waals surface area (Å²) in [5.41, 5.74) is 0. The van der Waals surface area contributed by atoms with Crippen LogP contribution in [0.25, 0.3) is 0 Å². The van der Waals surface area contributed by atoms with Crippen molar-refractivity contribution in [2.75, 3.05) is 17.7 Å². The van der Waals surface area contributed by atoms with Gasteiger partial charge in [0.05, 0.1) is 0 Å². The monoisotopic (exact) mass is 167 g/mol. The van der Waals surface area contributed by atoms with Gasteiger partial charge < -0.3 is 10.6 Å². The van der Waals surface area contributed by atoms with E-state index in [4.69, 9.17) is 0 Å². The third-order valence-electron chi connectivity index (χ3n) is 1.21. The van der Waals surface area contributed by atoms with Gasteiger partial charge >= 0.3 is 0 Å². The van der Waals surface area contributed by atoms with Gasteiger partial charge in [-0.1, -0.05) is 0 Å². The largest absolute Gasteiger partial charge is 0.357 e. The van der Waals surface area contributed by atoms with Crippen LogP contribution in [0.3, 0.4) is 0 Å². The third-order valence-corrected chi connectivity index (χ3v) is 1.21. The van der Waals surface area contributed by atoms with E-state index in [0.29, 0.717) is 17.9 Å². The highest BCUT2D eigenvalue weighted by atomic mass is 15.2. The molecule has 0 aliphatic carbocycles. The molecule has 0 aromatic carbocycles. The van der Waals surface area contributed by atoms with E-state index in [9.17, 15) is 0 Å². The van der Waals surface area contributed by atoms with Crippen molar-refractivity contribution in [1.82, 2.24) is 15.0 Å². The van der Waals surface area contributed by atoms with Crippen molar-refractivity contribution >= 4 is 11.9 Å². The van der Waals surface area contributed by atoms with Gasteiger partial charge in [0.1, 0.15) is 6.33 Å². The molecule has 66 valence electrons. The molecule has 5 heteroatoms. The van der Waals surface area contributed by atoms with Crippen LogP contribution in [0.2, 0.25) is 0 Å². The van der Waals surface area contributed by atoms with Gasteiger partial charge in [-0.2, -0.15) is 4.98 Å². The van der Waals surface area contributed by atoms with E-state index < -0.39 is 0 Å². The topological polar surface area (TPSA) is 62.7 Å². The van der Waals surface area contributed by atoms with E-state index in [1.54, 1.807) is 7.05 Å². The van der Waals surface area contributed by atoms with Crippen LogP contribution in [-0.2, 0) is 0 Å². The molecule has 0 unspecified atom stereocenters. The average molecular weight is 167 g/mol. The number of anilines is 2. The molecule has 0 atom stereocenters. The van der Waals surface area contributed by atoms with Crippen LogP contribution >= 0.6 is 0 Å². The minimum absolute atomic E-state index is 0.331. The Morgan fingerprint density at radius 3 is 2.50 bits per heavy atom. The highest BCUT2D eigenvalue weighted by Crippen LogP contribution is 2.01. The number of rotatable bonds is 3. The smallest absolute Gasteiger partial charge is 0.227 e. The van der Waals surface area contributed by atoms with Crippen molar-refractivity contribution in [2.45, 2.75) is 19.9 Å². The van der Waals surface area contributed by atoms with Gasteiger partial charge in [-0.15, -0.1) is 0 Å². The lowest BCUT2D eigenvalue weighted by Crippen LogP contribution is -2.13. The molecular weight excluding hydrogens is 154 g/mol. The number of hydrogen-bond donors (Lipinski definition) is 2. The second kappa shape index (κ2) is 3.85. The van der Waals surface area contributed by atoms with Crippen molar-refractivity contribution in [3.8, 4) is 0 Å². The van der Waals surface area contributed by atoms with Crippen molar-refractivity contribution in [3.63, 3.8) is 0 Å². The van der Waals surface area contributed by atoms with Crippen LogP contribution < -0.4 is 10.6 Å². The van der Waals surface area contributed by atoms with Gasteiger partial charge in [0, 0.05) is 13.1 Å². The van der Waals surface area contributed by atoms with E-state index in [1.165, 1.54) is 6.33 Å². The number of nitrogens with zero attached hydrogens (tertiary/aromatic N) is 3. The van der Waals surface area contributed by atoms with Crippen LogP contribution in [0.1, 0.15) is 13.8 Å².